The minimum atomic E-state index is 0.939. The Labute approximate surface area is 94.3 Å². The largest absolute Gasteiger partial charge is 0.496 e. The fraction of sp³-hybridized carbons (Fsp3) is 0.0667. The Bertz CT molecular complexity index is 656. The van der Waals surface area contributed by atoms with Crippen molar-refractivity contribution >= 4 is 21.5 Å². The zero-order valence-corrected chi connectivity index (χ0v) is 9.10. The average Bonchev–Trinajstić information content (AvgIpc) is 2.37. The second kappa shape index (κ2) is 3.53. The first-order valence-corrected chi connectivity index (χ1v) is 5.34. The molecule has 0 bridgehead atoms. The van der Waals surface area contributed by atoms with Crippen molar-refractivity contribution in [2.24, 2.45) is 0 Å². The Balaban J connectivity index is 2.57. The maximum Gasteiger partial charge on any atom is 0.127 e. The molecular formula is C15H12O. The predicted octanol–water partition coefficient (Wildman–Crippen LogP) is 4.00. The molecular weight excluding hydrogens is 196 g/mol. The van der Waals surface area contributed by atoms with Gasteiger partial charge in [-0.15, -0.1) is 0 Å². The summed E-state index contributed by atoms with van der Waals surface area (Å²) in [5.74, 6) is 0.939. The Morgan fingerprint density at radius 2 is 1.50 bits per heavy atom. The standard InChI is InChI=1S/C15H12O/c1-16-14-8-4-6-12-10-9-11-5-2-3-7-13(11)15(12)14/h2-10H,1H3. The lowest BCUT2D eigenvalue weighted by Gasteiger charge is -2.08. The highest BCUT2D eigenvalue weighted by molar-refractivity contribution is 6.10. The first-order chi connectivity index (χ1) is 7.90. The summed E-state index contributed by atoms with van der Waals surface area (Å²) in [5, 5.41) is 4.91. The van der Waals surface area contributed by atoms with Gasteiger partial charge in [0.05, 0.1) is 7.11 Å². The molecule has 0 heterocycles. The molecule has 0 fully saturated rings. The Kier molecular flexibility index (Phi) is 2.03. The summed E-state index contributed by atoms with van der Waals surface area (Å²) in [7, 11) is 1.72. The number of hydrogen-bond donors (Lipinski definition) is 0. The van der Waals surface area contributed by atoms with Crippen molar-refractivity contribution in [2.45, 2.75) is 0 Å². The van der Waals surface area contributed by atoms with Crippen LogP contribution in [0.15, 0.2) is 54.6 Å². The highest BCUT2D eigenvalue weighted by Crippen LogP contribution is 2.32. The van der Waals surface area contributed by atoms with Gasteiger partial charge in [0.1, 0.15) is 5.75 Å². The Morgan fingerprint density at radius 1 is 0.750 bits per heavy atom. The summed E-state index contributed by atoms with van der Waals surface area (Å²) < 4.78 is 5.44. The van der Waals surface area contributed by atoms with Crippen LogP contribution in [0.3, 0.4) is 0 Å². The number of rotatable bonds is 1. The van der Waals surface area contributed by atoms with Gasteiger partial charge in [-0.1, -0.05) is 48.5 Å². The van der Waals surface area contributed by atoms with E-state index in [9.17, 15) is 0 Å². The van der Waals surface area contributed by atoms with Gasteiger partial charge >= 0.3 is 0 Å². The zero-order valence-electron chi connectivity index (χ0n) is 9.10. The number of benzene rings is 3. The molecule has 1 heteroatoms. The summed E-state index contributed by atoms with van der Waals surface area (Å²) in [6.45, 7) is 0. The molecule has 16 heavy (non-hydrogen) atoms. The van der Waals surface area contributed by atoms with Crippen LogP contribution in [-0.4, -0.2) is 7.11 Å². The van der Waals surface area contributed by atoms with Gasteiger partial charge in [0, 0.05) is 5.39 Å². The van der Waals surface area contributed by atoms with E-state index in [0.29, 0.717) is 0 Å². The van der Waals surface area contributed by atoms with Crippen LogP contribution < -0.4 is 4.74 Å². The lowest BCUT2D eigenvalue weighted by atomic mass is 10.0. The highest BCUT2D eigenvalue weighted by atomic mass is 16.5. The van der Waals surface area contributed by atoms with Crippen molar-refractivity contribution in [3.63, 3.8) is 0 Å². The third kappa shape index (κ3) is 1.25. The molecule has 0 aliphatic rings. The summed E-state index contributed by atoms with van der Waals surface area (Å²) in [5.41, 5.74) is 0. The smallest absolute Gasteiger partial charge is 0.127 e. The van der Waals surface area contributed by atoms with Gasteiger partial charge in [-0.2, -0.15) is 0 Å². The van der Waals surface area contributed by atoms with Crippen LogP contribution in [0.5, 0.6) is 5.75 Å². The van der Waals surface area contributed by atoms with E-state index in [-0.39, 0.29) is 0 Å². The van der Waals surface area contributed by atoms with Crippen molar-refractivity contribution in [3.05, 3.63) is 54.6 Å². The molecule has 0 N–H and O–H groups in total. The van der Waals surface area contributed by atoms with E-state index in [1.165, 1.54) is 21.5 Å². The predicted molar refractivity (Wildman–Crippen MR) is 68.0 cm³/mol. The molecule has 3 aromatic carbocycles. The van der Waals surface area contributed by atoms with Crippen LogP contribution in [0.2, 0.25) is 0 Å². The van der Waals surface area contributed by atoms with Crippen molar-refractivity contribution in [1.82, 2.24) is 0 Å². The molecule has 0 unspecified atom stereocenters. The molecule has 0 saturated carbocycles. The summed E-state index contributed by atoms with van der Waals surface area (Å²) in [6.07, 6.45) is 0. The molecule has 0 aromatic heterocycles. The van der Waals surface area contributed by atoms with Gasteiger partial charge in [0.25, 0.3) is 0 Å². The number of ether oxygens (including phenoxy) is 1. The number of methoxy groups -OCH3 is 1. The molecule has 3 aromatic rings. The molecule has 78 valence electrons. The van der Waals surface area contributed by atoms with E-state index < -0.39 is 0 Å². The topological polar surface area (TPSA) is 9.23 Å². The van der Waals surface area contributed by atoms with Crippen LogP contribution in [0, 0.1) is 0 Å². The third-order valence-electron chi connectivity index (χ3n) is 2.95. The van der Waals surface area contributed by atoms with E-state index in [1.54, 1.807) is 7.11 Å². The minimum Gasteiger partial charge on any atom is -0.496 e. The van der Waals surface area contributed by atoms with E-state index in [1.807, 2.05) is 12.1 Å². The summed E-state index contributed by atoms with van der Waals surface area (Å²) in [6, 6.07) is 18.8. The minimum absolute atomic E-state index is 0.939. The maximum atomic E-state index is 5.44. The average molecular weight is 208 g/mol. The maximum absolute atomic E-state index is 5.44. The van der Waals surface area contributed by atoms with Crippen LogP contribution >= 0.6 is 0 Å². The molecule has 0 aliphatic heterocycles. The molecule has 0 radical (unpaired) electrons. The van der Waals surface area contributed by atoms with Crippen LogP contribution in [0.25, 0.3) is 21.5 Å². The zero-order chi connectivity index (χ0) is 11.0. The number of hydrogen-bond acceptors (Lipinski definition) is 1. The molecule has 0 aliphatic carbocycles. The highest BCUT2D eigenvalue weighted by Gasteiger charge is 2.04. The van der Waals surface area contributed by atoms with Gasteiger partial charge in [0.2, 0.25) is 0 Å². The van der Waals surface area contributed by atoms with Gasteiger partial charge < -0.3 is 4.74 Å². The van der Waals surface area contributed by atoms with Gasteiger partial charge in [-0.05, 0) is 22.2 Å². The quantitative estimate of drug-likeness (QED) is 0.549. The summed E-state index contributed by atoms with van der Waals surface area (Å²) in [4.78, 5) is 0. The number of fused-ring (bicyclic) bond motifs is 3. The van der Waals surface area contributed by atoms with Crippen molar-refractivity contribution in [3.8, 4) is 5.75 Å². The molecule has 0 amide bonds. The lowest BCUT2D eigenvalue weighted by molar-refractivity contribution is 0.420. The monoisotopic (exact) mass is 208 g/mol. The van der Waals surface area contributed by atoms with E-state index >= 15 is 0 Å². The van der Waals surface area contributed by atoms with Crippen LogP contribution in [-0.2, 0) is 0 Å². The molecule has 3 rings (SSSR count). The van der Waals surface area contributed by atoms with E-state index in [2.05, 4.69) is 42.5 Å². The first kappa shape index (κ1) is 9.22. The first-order valence-electron chi connectivity index (χ1n) is 5.34. The SMILES string of the molecule is COc1cccc2ccc3ccccc3c12. The van der Waals surface area contributed by atoms with Crippen LogP contribution in [0.4, 0.5) is 0 Å². The van der Waals surface area contributed by atoms with Crippen LogP contribution in [0.1, 0.15) is 0 Å². The van der Waals surface area contributed by atoms with Gasteiger partial charge in [0.15, 0.2) is 0 Å². The fourth-order valence-electron chi connectivity index (χ4n) is 2.19. The molecule has 0 atom stereocenters. The van der Waals surface area contributed by atoms with Crippen molar-refractivity contribution in [1.29, 1.82) is 0 Å². The Hall–Kier alpha value is -2.02. The second-order valence-corrected chi connectivity index (χ2v) is 3.85. The third-order valence-corrected chi connectivity index (χ3v) is 2.95. The fourth-order valence-corrected chi connectivity index (χ4v) is 2.19. The van der Waals surface area contributed by atoms with Gasteiger partial charge in [-0.3, -0.25) is 0 Å². The lowest BCUT2D eigenvalue weighted by Crippen LogP contribution is -1.85. The van der Waals surface area contributed by atoms with Crippen molar-refractivity contribution in [2.75, 3.05) is 7.11 Å². The van der Waals surface area contributed by atoms with Crippen molar-refractivity contribution < 1.29 is 4.74 Å². The summed E-state index contributed by atoms with van der Waals surface area (Å²) >= 11 is 0. The second-order valence-electron chi connectivity index (χ2n) is 3.85. The normalized spacial score (nSPS) is 10.8. The van der Waals surface area contributed by atoms with E-state index in [4.69, 9.17) is 4.74 Å². The van der Waals surface area contributed by atoms with Gasteiger partial charge in [-0.25, -0.2) is 0 Å². The molecule has 1 nitrogen and oxygen atoms in total. The Morgan fingerprint density at radius 3 is 2.38 bits per heavy atom. The van der Waals surface area contributed by atoms with E-state index in [0.717, 1.165) is 5.75 Å². The molecule has 0 spiro atoms. The molecule has 0 saturated heterocycles.